The first-order chi connectivity index (χ1) is 16.6. The summed E-state index contributed by atoms with van der Waals surface area (Å²) in [7, 11) is 0. The molecular formula is C26H32N6O2. The second-order valence-corrected chi connectivity index (χ2v) is 9.41. The number of H-pyrrole nitrogens is 1. The second kappa shape index (κ2) is 9.93. The zero-order chi connectivity index (χ0) is 23.5. The van der Waals surface area contributed by atoms with Crippen LogP contribution in [0.5, 0.6) is 0 Å². The lowest BCUT2D eigenvalue weighted by Gasteiger charge is -2.34. The average molecular weight is 461 g/mol. The van der Waals surface area contributed by atoms with Crippen molar-refractivity contribution in [1.82, 2.24) is 25.6 Å². The highest BCUT2D eigenvalue weighted by molar-refractivity contribution is 6.04. The van der Waals surface area contributed by atoms with Crippen LogP contribution < -0.4 is 15.5 Å². The summed E-state index contributed by atoms with van der Waals surface area (Å²) in [6.07, 6.45) is 10.5. The van der Waals surface area contributed by atoms with E-state index in [2.05, 4.69) is 25.6 Å². The molecule has 2 atom stereocenters. The van der Waals surface area contributed by atoms with Gasteiger partial charge in [0.15, 0.2) is 0 Å². The molecule has 1 saturated heterocycles. The molecule has 2 unspecified atom stereocenters. The number of carbonyl (C=O) groups excluding carboxylic acids is 2. The average Bonchev–Trinajstić information content (AvgIpc) is 3.52. The first-order valence-corrected chi connectivity index (χ1v) is 12.3. The highest BCUT2D eigenvalue weighted by atomic mass is 16.2. The van der Waals surface area contributed by atoms with Gasteiger partial charge in [-0.25, -0.2) is 4.98 Å². The van der Waals surface area contributed by atoms with Crippen molar-refractivity contribution in [3.63, 3.8) is 0 Å². The summed E-state index contributed by atoms with van der Waals surface area (Å²) in [5, 5.41) is 6.57. The predicted octanol–water partition coefficient (Wildman–Crippen LogP) is 3.54. The molecule has 1 aromatic carbocycles. The van der Waals surface area contributed by atoms with E-state index in [0.29, 0.717) is 11.3 Å². The normalized spacial score (nSPS) is 19.7. The second-order valence-electron chi connectivity index (χ2n) is 9.41. The van der Waals surface area contributed by atoms with E-state index in [1.807, 2.05) is 37.3 Å². The number of anilines is 1. The van der Waals surface area contributed by atoms with E-state index in [1.54, 1.807) is 17.3 Å². The fourth-order valence-electron chi connectivity index (χ4n) is 5.22. The standard InChI is InChI=1S/C26H32N6O2/c1-17-29-21-12-11-20(15-23(21)30-17)32(26(34)22-10-6-14-28-22)24(18-7-5-13-27-16-18)25(33)31-19-8-3-2-4-9-19/h5,7,11-13,15-16,19,22,24,28H,2-4,6,8-10,14H2,1H3,(H,29,30)(H,31,33). The van der Waals surface area contributed by atoms with Crippen LogP contribution >= 0.6 is 0 Å². The number of carbonyl (C=O) groups is 2. The Hall–Kier alpha value is -3.26. The highest BCUT2D eigenvalue weighted by Gasteiger charge is 2.38. The van der Waals surface area contributed by atoms with Crippen molar-refractivity contribution in [1.29, 1.82) is 0 Å². The maximum Gasteiger partial charge on any atom is 0.248 e. The van der Waals surface area contributed by atoms with Gasteiger partial charge in [0, 0.05) is 29.7 Å². The van der Waals surface area contributed by atoms with Crippen LogP contribution in [0.15, 0.2) is 42.7 Å². The van der Waals surface area contributed by atoms with E-state index >= 15 is 0 Å². The zero-order valence-electron chi connectivity index (χ0n) is 19.6. The van der Waals surface area contributed by atoms with Crippen LogP contribution in [0.25, 0.3) is 11.0 Å². The number of aromatic amines is 1. The molecule has 1 saturated carbocycles. The van der Waals surface area contributed by atoms with Crippen LogP contribution in [0.1, 0.15) is 62.4 Å². The van der Waals surface area contributed by atoms with Gasteiger partial charge >= 0.3 is 0 Å². The first-order valence-electron chi connectivity index (χ1n) is 12.3. The van der Waals surface area contributed by atoms with Gasteiger partial charge in [-0.3, -0.25) is 19.5 Å². The monoisotopic (exact) mass is 460 g/mol. The van der Waals surface area contributed by atoms with Crippen molar-refractivity contribution in [2.75, 3.05) is 11.4 Å². The van der Waals surface area contributed by atoms with Crippen molar-refractivity contribution < 1.29 is 9.59 Å². The van der Waals surface area contributed by atoms with E-state index in [0.717, 1.165) is 61.9 Å². The number of benzene rings is 1. The van der Waals surface area contributed by atoms with Crippen LogP contribution in [-0.4, -0.2) is 45.4 Å². The minimum Gasteiger partial charge on any atom is -0.351 e. The van der Waals surface area contributed by atoms with E-state index < -0.39 is 6.04 Å². The Balaban J connectivity index is 1.57. The van der Waals surface area contributed by atoms with Gasteiger partial charge in [-0.1, -0.05) is 25.3 Å². The molecule has 1 aliphatic carbocycles. The van der Waals surface area contributed by atoms with Crippen LogP contribution in [-0.2, 0) is 9.59 Å². The van der Waals surface area contributed by atoms with E-state index in [1.165, 1.54) is 6.42 Å². The highest BCUT2D eigenvalue weighted by Crippen LogP contribution is 2.32. The Bertz CT molecular complexity index is 1150. The molecule has 178 valence electrons. The van der Waals surface area contributed by atoms with E-state index in [9.17, 15) is 9.59 Å². The molecule has 0 bridgehead atoms. The van der Waals surface area contributed by atoms with Gasteiger partial charge in [0.25, 0.3) is 0 Å². The lowest BCUT2D eigenvalue weighted by molar-refractivity contribution is -0.128. The SMILES string of the molecule is Cc1nc2ccc(N(C(=O)C3CCCN3)C(C(=O)NC3CCCCC3)c3cccnc3)cc2[nH]1. The number of pyridine rings is 1. The molecule has 8 heteroatoms. The lowest BCUT2D eigenvalue weighted by Crippen LogP contribution is -2.51. The van der Waals surface area contributed by atoms with Gasteiger partial charge in [-0.2, -0.15) is 0 Å². The zero-order valence-corrected chi connectivity index (χ0v) is 19.6. The van der Waals surface area contributed by atoms with Gasteiger partial charge in [0.2, 0.25) is 11.8 Å². The van der Waals surface area contributed by atoms with Crippen LogP contribution in [0.2, 0.25) is 0 Å². The molecule has 3 N–H and O–H groups in total. The fourth-order valence-corrected chi connectivity index (χ4v) is 5.22. The molecule has 34 heavy (non-hydrogen) atoms. The number of nitrogens with zero attached hydrogens (tertiary/aromatic N) is 3. The minimum absolute atomic E-state index is 0.0965. The van der Waals surface area contributed by atoms with Crippen LogP contribution in [0.4, 0.5) is 5.69 Å². The summed E-state index contributed by atoms with van der Waals surface area (Å²) >= 11 is 0. The maximum atomic E-state index is 13.9. The lowest BCUT2D eigenvalue weighted by atomic mass is 9.94. The first kappa shape index (κ1) is 22.5. The van der Waals surface area contributed by atoms with E-state index in [4.69, 9.17) is 0 Å². The van der Waals surface area contributed by atoms with Crippen LogP contribution in [0.3, 0.4) is 0 Å². The summed E-state index contributed by atoms with van der Waals surface area (Å²) in [6, 6.07) is 8.39. The van der Waals surface area contributed by atoms with Gasteiger partial charge < -0.3 is 15.6 Å². The minimum atomic E-state index is -0.813. The third-order valence-corrected chi connectivity index (χ3v) is 6.92. The topological polar surface area (TPSA) is 103 Å². The molecule has 0 spiro atoms. The Morgan fingerprint density at radius 3 is 2.71 bits per heavy atom. The quantitative estimate of drug-likeness (QED) is 0.522. The van der Waals surface area contributed by atoms with Crippen molar-refractivity contribution in [2.24, 2.45) is 0 Å². The van der Waals surface area contributed by atoms with Crippen molar-refractivity contribution >= 4 is 28.5 Å². The van der Waals surface area contributed by atoms with Gasteiger partial charge in [0.05, 0.1) is 17.1 Å². The molecule has 1 aliphatic heterocycles. The largest absolute Gasteiger partial charge is 0.351 e. The molecule has 8 nitrogen and oxygen atoms in total. The molecule has 2 fully saturated rings. The van der Waals surface area contributed by atoms with Crippen molar-refractivity contribution in [2.45, 2.75) is 70.0 Å². The number of fused-ring (bicyclic) bond motifs is 1. The van der Waals surface area contributed by atoms with Crippen LogP contribution in [0, 0.1) is 6.92 Å². The third kappa shape index (κ3) is 4.68. The Kier molecular flexibility index (Phi) is 6.58. The van der Waals surface area contributed by atoms with Gasteiger partial charge in [0.1, 0.15) is 11.9 Å². The molecular weight excluding hydrogens is 428 g/mol. The van der Waals surface area contributed by atoms with Gasteiger partial charge in [-0.05, 0) is 63.4 Å². The number of hydrogen-bond acceptors (Lipinski definition) is 5. The molecule has 3 heterocycles. The molecule has 2 aromatic heterocycles. The number of aryl methyl sites for hydroxylation is 1. The maximum absolute atomic E-state index is 13.9. The third-order valence-electron chi connectivity index (χ3n) is 6.92. The van der Waals surface area contributed by atoms with E-state index in [-0.39, 0.29) is 23.9 Å². The molecule has 3 aromatic rings. The molecule has 0 radical (unpaired) electrons. The van der Waals surface area contributed by atoms with Crippen molar-refractivity contribution in [3.8, 4) is 0 Å². The Morgan fingerprint density at radius 2 is 1.97 bits per heavy atom. The summed E-state index contributed by atoms with van der Waals surface area (Å²) in [5.74, 6) is 0.550. The summed E-state index contributed by atoms with van der Waals surface area (Å²) in [4.78, 5) is 41.5. The number of amides is 2. The number of rotatable bonds is 6. The fraction of sp³-hybridized carbons (Fsp3) is 0.462. The smallest absolute Gasteiger partial charge is 0.248 e. The summed E-state index contributed by atoms with van der Waals surface area (Å²) in [5.41, 5.74) is 3.03. The molecule has 2 aliphatic rings. The Morgan fingerprint density at radius 1 is 1.12 bits per heavy atom. The number of aromatic nitrogens is 3. The summed E-state index contributed by atoms with van der Waals surface area (Å²) in [6.45, 7) is 2.70. The van der Waals surface area contributed by atoms with Gasteiger partial charge in [-0.15, -0.1) is 0 Å². The molecule has 2 amide bonds. The molecule has 5 rings (SSSR count). The van der Waals surface area contributed by atoms with Crippen molar-refractivity contribution in [3.05, 3.63) is 54.1 Å². The Labute approximate surface area is 199 Å². The number of nitrogens with one attached hydrogen (secondary N) is 3. The predicted molar refractivity (Wildman–Crippen MR) is 131 cm³/mol. The summed E-state index contributed by atoms with van der Waals surface area (Å²) < 4.78 is 0. The number of imidazole rings is 1. The number of hydrogen-bond donors (Lipinski definition) is 3.